The number of aromatic amines is 1. The van der Waals surface area contributed by atoms with Gasteiger partial charge < -0.3 is 10.7 Å². The standard InChI is InChI=1S/C9H7BrClN3/c10-6-1-5(2-7(11)9(6)12)8-3-13-4-14-8/h1-4H,12H2,(H,13,14). The van der Waals surface area contributed by atoms with Crippen molar-refractivity contribution in [1.82, 2.24) is 9.97 Å². The molecule has 72 valence electrons. The topological polar surface area (TPSA) is 54.7 Å². The molecule has 0 amide bonds. The SMILES string of the molecule is Nc1c(Cl)cc(-c2cnc[nH]2)cc1Br. The lowest BCUT2D eigenvalue weighted by Gasteiger charge is -2.04. The largest absolute Gasteiger partial charge is 0.397 e. The molecule has 0 unspecified atom stereocenters. The highest BCUT2D eigenvalue weighted by Crippen LogP contribution is 2.32. The fraction of sp³-hybridized carbons (Fsp3) is 0. The molecule has 0 saturated heterocycles. The molecule has 2 rings (SSSR count). The third-order valence-corrected chi connectivity index (χ3v) is 2.86. The summed E-state index contributed by atoms with van der Waals surface area (Å²) in [6, 6.07) is 3.70. The number of benzene rings is 1. The van der Waals surface area contributed by atoms with Crippen LogP contribution in [0.15, 0.2) is 29.1 Å². The van der Waals surface area contributed by atoms with E-state index < -0.39 is 0 Å². The van der Waals surface area contributed by atoms with Crippen LogP contribution < -0.4 is 5.73 Å². The first-order valence-corrected chi connectivity index (χ1v) is 5.09. The van der Waals surface area contributed by atoms with Crippen LogP contribution in [-0.2, 0) is 0 Å². The minimum absolute atomic E-state index is 0.531. The molecule has 1 aromatic carbocycles. The average Bonchev–Trinajstić information content (AvgIpc) is 2.66. The minimum Gasteiger partial charge on any atom is -0.397 e. The summed E-state index contributed by atoms with van der Waals surface area (Å²) in [5.41, 5.74) is 8.11. The highest BCUT2D eigenvalue weighted by molar-refractivity contribution is 9.10. The molecule has 0 fully saturated rings. The maximum atomic E-state index is 5.95. The van der Waals surface area contributed by atoms with Gasteiger partial charge in [-0.1, -0.05) is 11.6 Å². The second kappa shape index (κ2) is 3.63. The number of H-pyrrole nitrogens is 1. The van der Waals surface area contributed by atoms with Gasteiger partial charge in [-0.05, 0) is 28.1 Å². The van der Waals surface area contributed by atoms with Crippen LogP contribution in [0, 0.1) is 0 Å². The molecular formula is C9H7BrClN3. The maximum Gasteiger partial charge on any atom is 0.0924 e. The molecule has 0 bridgehead atoms. The van der Waals surface area contributed by atoms with E-state index in [0.29, 0.717) is 10.7 Å². The lowest BCUT2D eigenvalue weighted by atomic mass is 10.1. The molecule has 0 aliphatic heterocycles. The number of hydrogen-bond acceptors (Lipinski definition) is 2. The molecule has 0 aliphatic rings. The number of imidazole rings is 1. The van der Waals surface area contributed by atoms with Gasteiger partial charge in [0.25, 0.3) is 0 Å². The van der Waals surface area contributed by atoms with E-state index in [2.05, 4.69) is 25.9 Å². The van der Waals surface area contributed by atoms with E-state index in [1.165, 1.54) is 0 Å². The molecule has 3 N–H and O–H groups in total. The van der Waals surface area contributed by atoms with E-state index in [4.69, 9.17) is 17.3 Å². The van der Waals surface area contributed by atoms with Gasteiger partial charge in [0.05, 0.1) is 28.9 Å². The second-order valence-electron chi connectivity index (χ2n) is 2.82. The zero-order chi connectivity index (χ0) is 10.1. The molecule has 1 aromatic heterocycles. The number of hydrogen-bond donors (Lipinski definition) is 2. The summed E-state index contributed by atoms with van der Waals surface area (Å²) in [6.45, 7) is 0. The third-order valence-electron chi connectivity index (χ3n) is 1.89. The van der Waals surface area contributed by atoms with Crippen molar-refractivity contribution in [3.8, 4) is 11.3 Å². The quantitative estimate of drug-likeness (QED) is 0.784. The van der Waals surface area contributed by atoms with Gasteiger partial charge in [0.1, 0.15) is 0 Å². The van der Waals surface area contributed by atoms with E-state index in [-0.39, 0.29) is 0 Å². The van der Waals surface area contributed by atoms with Crippen molar-refractivity contribution in [2.75, 3.05) is 5.73 Å². The number of aromatic nitrogens is 2. The van der Waals surface area contributed by atoms with Crippen molar-refractivity contribution in [3.63, 3.8) is 0 Å². The Hall–Kier alpha value is -1.00. The summed E-state index contributed by atoms with van der Waals surface area (Å²) < 4.78 is 0.787. The van der Waals surface area contributed by atoms with Crippen LogP contribution in [0.1, 0.15) is 0 Å². The molecule has 0 atom stereocenters. The van der Waals surface area contributed by atoms with Crippen molar-refractivity contribution >= 4 is 33.2 Å². The van der Waals surface area contributed by atoms with Crippen LogP contribution in [0.25, 0.3) is 11.3 Å². The molecule has 3 nitrogen and oxygen atoms in total. The summed E-state index contributed by atoms with van der Waals surface area (Å²) in [4.78, 5) is 6.93. The Morgan fingerprint density at radius 3 is 2.79 bits per heavy atom. The molecule has 0 aliphatic carbocycles. The Bertz CT molecular complexity index is 430. The molecular weight excluding hydrogens is 265 g/mol. The minimum atomic E-state index is 0.531. The van der Waals surface area contributed by atoms with Crippen LogP contribution in [-0.4, -0.2) is 9.97 Å². The van der Waals surface area contributed by atoms with Crippen molar-refractivity contribution in [1.29, 1.82) is 0 Å². The zero-order valence-corrected chi connectivity index (χ0v) is 9.43. The predicted molar refractivity (Wildman–Crippen MR) is 61.1 cm³/mol. The normalized spacial score (nSPS) is 10.4. The Balaban J connectivity index is 2.57. The van der Waals surface area contributed by atoms with Gasteiger partial charge in [0.15, 0.2) is 0 Å². The summed E-state index contributed by atoms with van der Waals surface area (Å²) >= 11 is 9.29. The number of nitrogen functional groups attached to an aromatic ring is 1. The maximum absolute atomic E-state index is 5.95. The molecule has 2 aromatic rings. The van der Waals surface area contributed by atoms with E-state index in [0.717, 1.165) is 15.7 Å². The van der Waals surface area contributed by atoms with Crippen LogP contribution >= 0.6 is 27.5 Å². The first-order valence-electron chi connectivity index (χ1n) is 3.92. The number of nitrogens with zero attached hydrogens (tertiary/aromatic N) is 1. The number of halogens is 2. The lowest BCUT2D eigenvalue weighted by molar-refractivity contribution is 1.31. The van der Waals surface area contributed by atoms with Crippen LogP contribution in [0.5, 0.6) is 0 Å². The van der Waals surface area contributed by atoms with E-state index in [1.54, 1.807) is 18.6 Å². The summed E-state index contributed by atoms with van der Waals surface area (Å²) in [6.07, 6.45) is 3.35. The van der Waals surface area contributed by atoms with Crippen molar-refractivity contribution in [3.05, 3.63) is 34.2 Å². The van der Waals surface area contributed by atoms with Crippen LogP contribution in [0.2, 0.25) is 5.02 Å². The smallest absolute Gasteiger partial charge is 0.0924 e. The van der Waals surface area contributed by atoms with Gasteiger partial charge in [-0.25, -0.2) is 4.98 Å². The highest BCUT2D eigenvalue weighted by atomic mass is 79.9. The predicted octanol–water partition coefficient (Wildman–Crippen LogP) is 3.07. The van der Waals surface area contributed by atoms with Gasteiger partial charge in [-0.15, -0.1) is 0 Å². The number of nitrogens with two attached hydrogens (primary N) is 1. The van der Waals surface area contributed by atoms with Gasteiger partial charge in [0.2, 0.25) is 0 Å². The molecule has 1 heterocycles. The molecule has 5 heteroatoms. The molecule has 0 spiro atoms. The number of rotatable bonds is 1. The van der Waals surface area contributed by atoms with Gasteiger partial charge in [0, 0.05) is 10.0 Å². The van der Waals surface area contributed by atoms with Crippen molar-refractivity contribution in [2.24, 2.45) is 0 Å². The number of anilines is 1. The van der Waals surface area contributed by atoms with Gasteiger partial charge >= 0.3 is 0 Å². The monoisotopic (exact) mass is 271 g/mol. The Labute approximate surface area is 94.4 Å². The fourth-order valence-corrected chi connectivity index (χ4v) is 1.95. The Morgan fingerprint density at radius 1 is 1.43 bits per heavy atom. The van der Waals surface area contributed by atoms with Gasteiger partial charge in [-0.2, -0.15) is 0 Å². The first-order chi connectivity index (χ1) is 6.68. The summed E-state index contributed by atoms with van der Waals surface area (Å²) in [5, 5.41) is 0.531. The van der Waals surface area contributed by atoms with Crippen LogP contribution in [0.4, 0.5) is 5.69 Å². The molecule has 0 saturated carbocycles. The average molecular weight is 273 g/mol. The van der Waals surface area contributed by atoms with Crippen molar-refractivity contribution < 1.29 is 0 Å². The highest BCUT2D eigenvalue weighted by Gasteiger charge is 2.06. The summed E-state index contributed by atoms with van der Waals surface area (Å²) in [5.74, 6) is 0. The number of nitrogens with one attached hydrogen (secondary N) is 1. The zero-order valence-electron chi connectivity index (χ0n) is 7.09. The van der Waals surface area contributed by atoms with Crippen LogP contribution in [0.3, 0.4) is 0 Å². The third kappa shape index (κ3) is 1.63. The lowest BCUT2D eigenvalue weighted by Crippen LogP contribution is -1.89. The molecule has 14 heavy (non-hydrogen) atoms. The summed E-state index contributed by atoms with van der Waals surface area (Å²) in [7, 11) is 0. The second-order valence-corrected chi connectivity index (χ2v) is 4.08. The molecule has 0 radical (unpaired) electrons. The first kappa shape index (κ1) is 9.55. The Morgan fingerprint density at radius 2 is 2.21 bits per heavy atom. The fourth-order valence-electron chi connectivity index (χ4n) is 1.15. The van der Waals surface area contributed by atoms with Gasteiger partial charge in [-0.3, -0.25) is 0 Å². The van der Waals surface area contributed by atoms with E-state index in [9.17, 15) is 0 Å². The van der Waals surface area contributed by atoms with E-state index in [1.807, 2.05) is 6.07 Å². The van der Waals surface area contributed by atoms with E-state index >= 15 is 0 Å². The Kier molecular flexibility index (Phi) is 2.48. The van der Waals surface area contributed by atoms with Crippen molar-refractivity contribution in [2.45, 2.75) is 0 Å².